The summed E-state index contributed by atoms with van der Waals surface area (Å²) >= 11 is 0. The predicted molar refractivity (Wildman–Crippen MR) is 85.0 cm³/mol. The molecule has 3 rings (SSSR count). The summed E-state index contributed by atoms with van der Waals surface area (Å²) in [6.07, 6.45) is 1.26. The van der Waals surface area contributed by atoms with Gasteiger partial charge in [-0.2, -0.15) is 0 Å². The molecule has 0 fully saturated rings. The third-order valence-electron chi connectivity index (χ3n) is 3.62. The molecular formula is C15H15F2N3O4S. The highest BCUT2D eigenvalue weighted by Gasteiger charge is 2.33. The van der Waals surface area contributed by atoms with Crippen molar-refractivity contribution >= 4 is 21.6 Å². The Morgan fingerprint density at radius 3 is 2.76 bits per heavy atom. The SMILES string of the molecule is C[C@H]1COc2c(cn(C)c2C(=O)Nc2ccc(F)c(F)c2)S(=O)(=O)N1. The van der Waals surface area contributed by atoms with Crippen LogP contribution in [0.3, 0.4) is 0 Å². The number of aryl methyl sites for hydroxylation is 1. The van der Waals surface area contributed by atoms with Crippen molar-refractivity contribution in [2.45, 2.75) is 17.9 Å². The number of anilines is 1. The lowest BCUT2D eigenvalue weighted by Crippen LogP contribution is -2.34. The van der Waals surface area contributed by atoms with E-state index in [4.69, 9.17) is 4.74 Å². The van der Waals surface area contributed by atoms with Crippen molar-refractivity contribution < 1.29 is 26.7 Å². The number of halogens is 2. The summed E-state index contributed by atoms with van der Waals surface area (Å²) in [6, 6.07) is 2.43. The fourth-order valence-electron chi connectivity index (χ4n) is 2.51. The fourth-order valence-corrected chi connectivity index (χ4v) is 3.93. The van der Waals surface area contributed by atoms with Gasteiger partial charge in [0.15, 0.2) is 23.1 Å². The average Bonchev–Trinajstić information content (AvgIpc) is 2.81. The first-order valence-corrected chi connectivity index (χ1v) is 8.78. The Morgan fingerprint density at radius 2 is 2.08 bits per heavy atom. The largest absolute Gasteiger partial charge is 0.488 e. The Balaban J connectivity index is 1.99. The summed E-state index contributed by atoms with van der Waals surface area (Å²) < 4.78 is 60.1. The van der Waals surface area contributed by atoms with Crippen LogP contribution in [0.4, 0.5) is 14.5 Å². The van der Waals surface area contributed by atoms with Crippen molar-refractivity contribution in [1.29, 1.82) is 0 Å². The number of nitrogens with zero attached hydrogens (tertiary/aromatic N) is 1. The molecule has 1 aliphatic heterocycles. The number of carbonyl (C=O) groups excluding carboxylic acids is 1. The monoisotopic (exact) mass is 371 g/mol. The van der Waals surface area contributed by atoms with Crippen LogP contribution in [0.25, 0.3) is 0 Å². The van der Waals surface area contributed by atoms with Crippen LogP contribution in [0.5, 0.6) is 5.75 Å². The number of aromatic nitrogens is 1. The normalized spacial score (nSPS) is 18.8. The first-order valence-electron chi connectivity index (χ1n) is 7.30. The highest BCUT2D eigenvalue weighted by molar-refractivity contribution is 7.89. The maximum Gasteiger partial charge on any atom is 0.276 e. The standard InChI is InChI=1S/C15H15F2N3O4S/c1-8-7-24-14-12(25(22,23)19-8)6-20(2)13(14)15(21)18-9-3-4-10(16)11(17)5-9/h3-6,8,19H,7H2,1-2H3,(H,18,21)/t8-/m0/s1. The minimum Gasteiger partial charge on any atom is -0.488 e. The summed E-state index contributed by atoms with van der Waals surface area (Å²) in [5.41, 5.74) is -0.0129. The molecule has 1 aromatic carbocycles. The number of rotatable bonds is 2. The Bertz CT molecular complexity index is 956. The molecule has 1 atom stereocenters. The molecule has 1 aliphatic rings. The van der Waals surface area contributed by atoms with Gasteiger partial charge in [0.05, 0.1) is 6.04 Å². The molecular weight excluding hydrogens is 356 g/mol. The van der Waals surface area contributed by atoms with E-state index in [0.717, 1.165) is 12.1 Å². The number of hydrogen-bond acceptors (Lipinski definition) is 4. The van der Waals surface area contributed by atoms with E-state index >= 15 is 0 Å². The third kappa shape index (κ3) is 3.22. The Morgan fingerprint density at radius 1 is 1.36 bits per heavy atom. The van der Waals surface area contributed by atoms with Crippen LogP contribution in [0.2, 0.25) is 0 Å². The van der Waals surface area contributed by atoms with Crippen LogP contribution in [0.1, 0.15) is 17.4 Å². The number of benzene rings is 1. The molecule has 134 valence electrons. The van der Waals surface area contributed by atoms with Gasteiger partial charge in [0.2, 0.25) is 10.0 Å². The van der Waals surface area contributed by atoms with Crippen molar-refractivity contribution in [3.8, 4) is 5.75 Å². The summed E-state index contributed by atoms with van der Waals surface area (Å²) in [6.45, 7) is 1.67. The third-order valence-corrected chi connectivity index (χ3v) is 5.20. The lowest BCUT2D eigenvalue weighted by Gasteiger charge is -2.11. The number of nitrogens with one attached hydrogen (secondary N) is 2. The van der Waals surface area contributed by atoms with Crippen LogP contribution < -0.4 is 14.8 Å². The van der Waals surface area contributed by atoms with E-state index in [9.17, 15) is 22.0 Å². The second-order valence-corrected chi connectivity index (χ2v) is 7.38. The first-order chi connectivity index (χ1) is 11.7. The van der Waals surface area contributed by atoms with Crippen LogP contribution in [-0.4, -0.2) is 31.5 Å². The lowest BCUT2D eigenvalue weighted by molar-refractivity contribution is 0.101. The molecule has 2 heterocycles. The lowest BCUT2D eigenvalue weighted by atomic mass is 10.2. The van der Waals surface area contributed by atoms with Gasteiger partial charge in [-0.15, -0.1) is 0 Å². The molecule has 0 bridgehead atoms. The van der Waals surface area contributed by atoms with Crippen molar-refractivity contribution in [3.63, 3.8) is 0 Å². The van der Waals surface area contributed by atoms with Gasteiger partial charge in [-0.1, -0.05) is 0 Å². The van der Waals surface area contributed by atoms with Crippen LogP contribution >= 0.6 is 0 Å². The topological polar surface area (TPSA) is 89.4 Å². The van der Waals surface area contributed by atoms with E-state index in [-0.39, 0.29) is 28.6 Å². The quantitative estimate of drug-likeness (QED) is 0.839. The van der Waals surface area contributed by atoms with Gasteiger partial charge in [-0.3, -0.25) is 4.79 Å². The van der Waals surface area contributed by atoms with Crippen molar-refractivity contribution in [3.05, 3.63) is 41.7 Å². The minimum atomic E-state index is -3.83. The number of hydrogen-bond donors (Lipinski definition) is 2. The van der Waals surface area contributed by atoms with Gasteiger partial charge < -0.3 is 14.6 Å². The Hall–Kier alpha value is -2.46. The summed E-state index contributed by atoms with van der Waals surface area (Å²) in [5.74, 6) is -2.94. The summed E-state index contributed by atoms with van der Waals surface area (Å²) in [5, 5.41) is 2.40. The zero-order valence-corrected chi connectivity index (χ0v) is 14.2. The molecule has 1 aromatic heterocycles. The predicted octanol–water partition coefficient (Wildman–Crippen LogP) is 1.61. The molecule has 0 spiro atoms. The zero-order valence-electron chi connectivity index (χ0n) is 13.3. The molecule has 0 saturated carbocycles. The van der Waals surface area contributed by atoms with Crippen molar-refractivity contribution in [2.24, 2.45) is 7.05 Å². The molecule has 0 radical (unpaired) electrons. The van der Waals surface area contributed by atoms with E-state index in [1.54, 1.807) is 6.92 Å². The van der Waals surface area contributed by atoms with Crippen LogP contribution in [-0.2, 0) is 17.1 Å². The highest BCUT2D eigenvalue weighted by atomic mass is 32.2. The first kappa shape index (κ1) is 17.4. The van der Waals surface area contributed by atoms with E-state index in [2.05, 4.69) is 10.0 Å². The number of ether oxygens (including phenoxy) is 1. The second kappa shape index (κ2) is 6.12. The number of amides is 1. The Labute approximate surface area is 142 Å². The second-order valence-electron chi connectivity index (χ2n) is 5.70. The van der Waals surface area contributed by atoms with Gasteiger partial charge in [0.1, 0.15) is 11.5 Å². The van der Waals surface area contributed by atoms with Gasteiger partial charge in [0.25, 0.3) is 5.91 Å². The smallest absolute Gasteiger partial charge is 0.276 e. The van der Waals surface area contributed by atoms with E-state index in [1.165, 1.54) is 23.9 Å². The van der Waals surface area contributed by atoms with E-state index in [0.29, 0.717) is 0 Å². The molecule has 1 amide bonds. The maximum absolute atomic E-state index is 13.3. The molecule has 0 aliphatic carbocycles. The van der Waals surface area contributed by atoms with Gasteiger partial charge in [0, 0.05) is 25.0 Å². The Kier molecular flexibility index (Phi) is 4.25. The summed E-state index contributed by atoms with van der Waals surface area (Å²) in [7, 11) is -2.35. The van der Waals surface area contributed by atoms with Crippen LogP contribution in [0, 0.1) is 11.6 Å². The van der Waals surface area contributed by atoms with E-state index in [1.807, 2.05) is 0 Å². The van der Waals surface area contributed by atoms with Gasteiger partial charge in [-0.05, 0) is 19.1 Å². The fraction of sp³-hybridized carbons (Fsp3) is 0.267. The van der Waals surface area contributed by atoms with Crippen molar-refractivity contribution in [2.75, 3.05) is 11.9 Å². The molecule has 0 saturated heterocycles. The number of sulfonamides is 1. The van der Waals surface area contributed by atoms with Crippen molar-refractivity contribution in [1.82, 2.24) is 9.29 Å². The highest BCUT2D eigenvalue weighted by Crippen LogP contribution is 2.32. The zero-order chi connectivity index (χ0) is 18.4. The maximum atomic E-state index is 13.3. The number of fused-ring (bicyclic) bond motifs is 1. The average molecular weight is 371 g/mol. The molecule has 25 heavy (non-hydrogen) atoms. The molecule has 7 nitrogen and oxygen atoms in total. The van der Waals surface area contributed by atoms with Gasteiger partial charge >= 0.3 is 0 Å². The van der Waals surface area contributed by atoms with Crippen LogP contribution in [0.15, 0.2) is 29.3 Å². The summed E-state index contributed by atoms with van der Waals surface area (Å²) in [4.78, 5) is 12.4. The van der Waals surface area contributed by atoms with Gasteiger partial charge in [-0.25, -0.2) is 21.9 Å². The number of carbonyl (C=O) groups is 1. The molecule has 2 N–H and O–H groups in total. The molecule has 2 aromatic rings. The minimum absolute atomic E-state index is 0.0295. The van der Waals surface area contributed by atoms with E-state index < -0.39 is 33.6 Å². The molecule has 10 heteroatoms. The molecule has 0 unspecified atom stereocenters.